The molecule has 2 N–H and O–H groups in total. The van der Waals surface area contributed by atoms with E-state index in [-0.39, 0.29) is 12.0 Å². The van der Waals surface area contributed by atoms with E-state index in [1.165, 1.54) is 0 Å². The van der Waals surface area contributed by atoms with Crippen molar-refractivity contribution < 1.29 is 15.0 Å². The van der Waals surface area contributed by atoms with E-state index in [1.54, 1.807) is 0 Å². The number of carbonyl (C=O) groups is 1. The van der Waals surface area contributed by atoms with Crippen molar-refractivity contribution in [1.82, 2.24) is 4.90 Å². The minimum absolute atomic E-state index is 0.131. The van der Waals surface area contributed by atoms with Crippen LogP contribution in [0.2, 0.25) is 0 Å². The molecule has 1 aliphatic heterocycles. The van der Waals surface area contributed by atoms with E-state index in [1.807, 2.05) is 0 Å². The van der Waals surface area contributed by atoms with Crippen LogP contribution in [0.25, 0.3) is 0 Å². The van der Waals surface area contributed by atoms with Crippen molar-refractivity contribution in [2.45, 2.75) is 44.2 Å². The number of aliphatic hydroxyl groups is 1. The van der Waals surface area contributed by atoms with Crippen LogP contribution in [0.4, 0.5) is 0 Å². The Morgan fingerprint density at radius 2 is 1.80 bits per heavy atom. The average Bonchev–Trinajstić information content (AvgIpc) is 2.65. The Labute approximate surface area is 89.9 Å². The number of aliphatic hydroxyl groups excluding tert-OH is 1. The zero-order valence-electron chi connectivity index (χ0n) is 8.93. The predicted octanol–water partition coefficient (Wildman–Crippen LogP) is 0.696. The molecular formula is C11H19NO3. The number of aliphatic carboxylic acids is 1. The average molecular weight is 213 g/mol. The normalized spacial score (nSPS) is 38.1. The van der Waals surface area contributed by atoms with Gasteiger partial charge in [-0.25, -0.2) is 0 Å². The molecule has 15 heavy (non-hydrogen) atoms. The Kier molecular flexibility index (Phi) is 3.26. The smallest absolute Gasteiger partial charge is 0.306 e. The van der Waals surface area contributed by atoms with Gasteiger partial charge in [0, 0.05) is 19.1 Å². The summed E-state index contributed by atoms with van der Waals surface area (Å²) in [6, 6.07) is 0.512. The van der Waals surface area contributed by atoms with E-state index in [9.17, 15) is 9.90 Å². The van der Waals surface area contributed by atoms with Crippen molar-refractivity contribution in [3.05, 3.63) is 0 Å². The standard InChI is InChI=1S/C11H19NO3/c13-10-5-6-12(7-10)9-3-1-8(2-4-9)11(14)15/h8-10,13H,1-7H2,(H,14,15)/t8?,9?,10-/m1/s1. The molecule has 86 valence electrons. The summed E-state index contributed by atoms with van der Waals surface area (Å²) in [7, 11) is 0. The van der Waals surface area contributed by atoms with Gasteiger partial charge in [0.15, 0.2) is 0 Å². The first-order valence-electron chi connectivity index (χ1n) is 5.81. The predicted molar refractivity (Wildman–Crippen MR) is 55.6 cm³/mol. The SMILES string of the molecule is O=C(O)C1CCC(N2CC[C@@H](O)C2)CC1. The van der Waals surface area contributed by atoms with Gasteiger partial charge in [0.1, 0.15) is 0 Å². The zero-order valence-corrected chi connectivity index (χ0v) is 8.93. The van der Waals surface area contributed by atoms with E-state index in [4.69, 9.17) is 5.11 Å². The van der Waals surface area contributed by atoms with Crippen molar-refractivity contribution >= 4 is 5.97 Å². The van der Waals surface area contributed by atoms with Gasteiger partial charge >= 0.3 is 5.97 Å². The molecule has 2 aliphatic rings. The number of carboxylic acid groups (broad SMARTS) is 1. The minimum atomic E-state index is -0.644. The number of hydrogen-bond acceptors (Lipinski definition) is 3. The molecule has 0 amide bonds. The van der Waals surface area contributed by atoms with Gasteiger partial charge in [0.05, 0.1) is 12.0 Å². The van der Waals surface area contributed by atoms with E-state index in [0.29, 0.717) is 6.04 Å². The van der Waals surface area contributed by atoms with Gasteiger partial charge in [-0.15, -0.1) is 0 Å². The van der Waals surface area contributed by atoms with Gasteiger partial charge in [0.25, 0.3) is 0 Å². The van der Waals surface area contributed by atoms with Crippen molar-refractivity contribution in [1.29, 1.82) is 0 Å². The lowest BCUT2D eigenvalue weighted by Gasteiger charge is -2.33. The van der Waals surface area contributed by atoms with Crippen LogP contribution >= 0.6 is 0 Å². The van der Waals surface area contributed by atoms with Gasteiger partial charge in [-0.05, 0) is 32.1 Å². The number of hydrogen-bond donors (Lipinski definition) is 2. The summed E-state index contributed by atoms with van der Waals surface area (Å²) in [5.41, 5.74) is 0. The molecular weight excluding hydrogens is 194 g/mol. The molecule has 0 unspecified atom stereocenters. The second-order valence-corrected chi connectivity index (χ2v) is 4.78. The molecule has 0 radical (unpaired) electrons. The largest absolute Gasteiger partial charge is 0.481 e. The lowest BCUT2D eigenvalue weighted by molar-refractivity contribution is -0.143. The maximum absolute atomic E-state index is 10.8. The van der Waals surface area contributed by atoms with Crippen LogP contribution in [0.5, 0.6) is 0 Å². The second-order valence-electron chi connectivity index (χ2n) is 4.78. The van der Waals surface area contributed by atoms with Crippen LogP contribution in [0.3, 0.4) is 0 Å². The highest BCUT2D eigenvalue weighted by atomic mass is 16.4. The van der Waals surface area contributed by atoms with Crippen LogP contribution < -0.4 is 0 Å². The van der Waals surface area contributed by atoms with Gasteiger partial charge < -0.3 is 10.2 Å². The number of rotatable bonds is 2. The first kappa shape index (κ1) is 10.9. The maximum Gasteiger partial charge on any atom is 0.306 e. The van der Waals surface area contributed by atoms with E-state index in [2.05, 4.69) is 4.90 Å². The van der Waals surface area contributed by atoms with E-state index >= 15 is 0 Å². The van der Waals surface area contributed by atoms with Crippen molar-refractivity contribution in [3.63, 3.8) is 0 Å². The number of carboxylic acids is 1. The molecule has 4 heteroatoms. The highest BCUT2D eigenvalue weighted by Crippen LogP contribution is 2.29. The Morgan fingerprint density at radius 1 is 1.13 bits per heavy atom. The highest BCUT2D eigenvalue weighted by molar-refractivity contribution is 5.70. The Bertz CT molecular complexity index is 236. The van der Waals surface area contributed by atoms with Crippen LogP contribution in [-0.4, -0.2) is 46.3 Å². The summed E-state index contributed by atoms with van der Waals surface area (Å²) in [5, 5.41) is 18.3. The van der Waals surface area contributed by atoms with E-state index in [0.717, 1.165) is 45.2 Å². The monoisotopic (exact) mass is 213 g/mol. The molecule has 1 aliphatic carbocycles. The fraction of sp³-hybridized carbons (Fsp3) is 0.909. The summed E-state index contributed by atoms with van der Waals surface area (Å²) in [4.78, 5) is 13.1. The van der Waals surface area contributed by atoms with E-state index < -0.39 is 5.97 Å². The molecule has 0 aromatic carbocycles. The van der Waals surface area contributed by atoms with Gasteiger partial charge in [0.2, 0.25) is 0 Å². The molecule has 0 aromatic heterocycles. The molecule has 1 heterocycles. The first-order chi connectivity index (χ1) is 7.16. The zero-order chi connectivity index (χ0) is 10.8. The third-order valence-corrected chi connectivity index (χ3v) is 3.76. The lowest BCUT2D eigenvalue weighted by atomic mass is 9.85. The molecule has 4 nitrogen and oxygen atoms in total. The number of nitrogens with zero attached hydrogens (tertiary/aromatic N) is 1. The van der Waals surface area contributed by atoms with Gasteiger partial charge in [-0.3, -0.25) is 9.69 Å². The third kappa shape index (κ3) is 2.49. The molecule has 0 aromatic rings. The van der Waals surface area contributed by atoms with Gasteiger partial charge in [-0.1, -0.05) is 0 Å². The van der Waals surface area contributed by atoms with Crippen LogP contribution in [0, 0.1) is 5.92 Å². The molecule has 2 rings (SSSR count). The Hall–Kier alpha value is -0.610. The second kappa shape index (κ2) is 4.49. The molecule has 1 saturated carbocycles. The maximum atomic E-state index is 10.8. The summed E-state index contributed by atoms with van der Waals surface area (Å²) >= 11 is 0. The molecule has 1 saturated heterocycles. The molecule has 0 spiro atoms. The molecule has 2 fully saturated rings. The first-order valence-corrected chi connectivity index (χ1v) is 5.81. The molecule has 0 bridgehead atoms. The summed E-state index contributed by atoms with van der Waals surface area (Å²) in [6.45, 7) is 1.76. The van der Waals surface area contributed by atoms with Crippen molar-refractivity contribution in [2.75, 3.05) is 13.1 Å². The van der Waals surface area contributed by atoms with Crippen LogP contribution in [0.1, 0.15) is 32.1 Å². The van der Waals surface area contributed by atoms with Crippen molar-refractivity contribution in [3.8, 4) is 0 Å². The summed E-state index contributed by atoms with van der Waals surface area (Å²) < 4.78 is 0. The van der Waals surface area contributed by atoms with Crippen molar-refractivity contribution in [2.24, 2.45) is 5.92 Å². The van der Waals surface area contributed by atoms with Crippen LogP contribution in [0.15, 0.2) is 0 Å². The Balaban J connectivity index is 1.80. The minimum Gasteiger partial charge on any atom is -0.481 e. The fourth-order valence-electron chi connectivity index (χ4n) is 2.79. The van der Waals surface area contributed by atoms with Crippen LogP contribution in [-0.2, 0) is 4.79 Å². The fourth-order valence-corrected chi connectivity index (χ4v) is 2.79. The summed E-state index contributed by atoms with van der Waals surface area (Å²) in [5.74, 6) is -0.774. The topological polar surface area (TPSA) is 60.8 Å². The summed E-state index contributed by atoms with van der Waals surface area (Å²) in [6.07, 6.45) is 4.26. The highest BCUT2D eigenvalue weighted by Gasteiger charge is 2.32. The Morgan fingerprint density at radius 3 is 2.27 bits per heavy atom. The third-order valence-electron chi connectivity index (χ3n) is 3.76. The molecule has 1 atom stereocenters. The quantitative estimate of drug-likeness (QED) is 0.708. The lowest BCUT2D eigenvalue weighted by Crippen LogP contribution is -2.38. The number of likely N-dealkylation sites (tertiary alicyclic amines) is 1. The number of β-amino-alcohol motifs (C(OH)–C–C–N with tert-alkyl or cyclic N) is 1. The van der Waals surface area contributed by atoms with Gasteiger partial charge in [-0.2, -0.15) is 0 Å².